The Morgan fingerprint density at radius 2 is 1.43 bits per heavy atom. The van der Waals surface area contributed by atoms with Crippen LogP contribution in [-0.2, 0) is 38.2 Å². The van der Waals surface area contributed by atoms with Gasteiger partial charge in [-0.1, -0.05) is 116 Å². The van der Waals surface area contributed by atoms with Gasteiger partial charge in [-0.25, -0.2) is 0 Å². The topological polar surface area (TPSA) is 181 Å². The van der Waals surface area contributed by atoms with Crippen molar-refractivity contribution in [3.05, 3.63) is 71.8 Å². The summed E-state index contributed by atoms with van der Waals surface area (Å²) in [5, 5.41) is 9.01. The SMILES string of the molecule is CC[C@H](C)[C@@H]([C@@H](CC(=O)N1CCC[C@H]1[C@H](C=O)[C@@H](C)C(=O)N[C@H](C)C(OC(=O)CCCCC(=O)c1ccccc1)c1ccccc1)OC)N(C)C(=O)[C@@H](NC(=O)[C@@H](NC)C(C)C)C(C)C. The van der Waals surface area contributed by atoms with Crippen LogP contribution >= 0.6 is 0 Å². The second-order valence-corrected chi connectivity index (χ2v) is 18.5. The Labute approximate surface area is 387 Å². The fourth-order valence-corrected chi connectivity index (χ4v) is 9.04. The highest BCUT2D eigenvalue weighted by Crippen LogP contribution is 2.32. The number of carbonyl (C=O) groups excluding carboxylic acids is 7. The molecule has 0 aliphatic carbocycles. The zero-order valence-corrected chi connectivity index (χ0v) is 40.7. The van der Waals surface area contributed by atoms with Gasteiger partial charge in [0.2, 0.25) is 23.6 Å². The first kappa shape index (κ1) is 54.4. The molecule has 0 bridgehead atoms. The Bertz CT molecular complexity index is 1840. The number of hydrogen-bond donors (Lipinski definition) is 3. The second kappa shape index (κ2) is 26.9. The number of nitrogens with one attached hydrogen (secondary N) is 3. The molecule has 3 N–H and O–H groups in total. The average Bonchev–Trinajstić information content (AvgIpc) is 3.78. The second-order valence-electron chi connectivity index (χ2n) is 18.5. The van der Waals surface area contributed by atoms with Crippen LogP contribution in [0, 0.1) is 29.6 Å². The number of ether oxygens (including phenoxy) is 2. The van der Waals surface area contributed by atoms with E-state index in [9.17, 15) is 33.6 Å². The number of carbonyl (C=O) groups is 7. The summed E-state index contributed by atoms with van der Waals surface area (Å²) >= 11 is 0. The number of methoxy groups -OCH3 is 1. The number of unbranched alkanes of at least 4 members (excludes halogenated alkanes) is 1. The number of likely N-dealkylation sites (N-methyl/N-ethyl adjacent to an activating group) is 2. The maximum atomic E-state index is 14.3. The van der Waals surface area contributed by atoms with E-state index in [-0.39, 0.29) is 54.1 Å². The molecule has 0 aromatic heterocycles. The summed E-state index contributed by atoms with van der Waals surface area (Å²) in [5.41, 5.74) is 1.32. The molecule has 1 aliphatic heterocycles. The molecule has 2 aromatic rings. The summed E-state index contributed by atoms with van der Waals surface area (Å²) in [6.45, 7) is 15.5. The van der Waals surface area contributed by atoms with E-state index in [0.717, 1.165) is 6.29 Å². The lowest BCUT2D eigenvalue weighted by Crippen LogP contribution is -2.59. The lowest BCUT2D eigenvalue weighted by Gasteiger charge is -2.41. The third-order valence-electron chi connectivity index (χ3n) is 13.1. The summed E-state index contributed by atoms with van der Waals surface area (Å²) in [4.78, 5) is 97.7. The van der Waals surface area contributed by atoms with Crippen LogP contribution in [0.1, 0.15) is 129 Å². The number of nitrogens with zero attached hydrogens (tertiary/aromatic N) is 2. The van der Waals surface area contributed by atoms with Gasteiger partial charge < -0.3 is 40.0 Å². The molecule has 14 heteroatoms. The normalized spacial score (nSPS) is 18.0. The van der Waals surface area contributed by atoms with Gasteiger partial charge in [0.05, 0.1) is 30.7 Å². The Morgan fingerprint density at radius 3 is 1.98 bits per heavy atom. The van der Waals surface area contributed by atoms with Crippen LogP contribution in [0.4, 0.5) is 0 Å². The molecule has 1 fully saturated rings. The van der Waals surface area contributed by atoms with Crippen LogP contribution in [0.15, 0.2) is 60.7 Å². The number of hydrogen-bond acceptors (Lipinski definition) is 10. The number of amides is 4. The first-order valence-electron chi connectivity index (χ1n) is 23.6. The Morgan fingerprint density at radius 1 is 0.831 bits per heavy atom. The highest BCUT2D eigenvalue weighted by Gasteiger charge is 2.43. The van der Waals surface area contributed by atoms with Gasteiger partial charge in [0, 0.05) is 57.0 Å². The minimum absolute atomic E-state index is 0.00212. The third-order valence-corrected chi connectivity index (χ3v) is 13.1. The molecule has 1 saturated heterocycles. The highest BCUT2D eigenvalue weighted by molar-refractivity contribution is 5.96. The number of Topliss-reactive ketones (excluding diaryl/α,β-unsaturated/α-hetero) is 1. The molecule has 4 amide bonds. The molecule has 2 aromatic carbocycles. The minimum Gasteiger partial charge on any atom is -0.455 e. The summed E-state index contributed by atoms with van der Waals surface area (Å²) in [6, 6.07) is 15.1. The molecule has 0 saturated carbocycles. The minimum atomic E-state index is -0.834. The summed E-state index contributed by atoms with van der Waals surface area (Å²) in [7, 11) is 4.93. The quantitative estimate of drug-likeness (QED) is 0.0397. The van der Waals surface area contributed by atoms with Crippen LogP contribution in [0.25, 0.3) is 0 Å². The summed E-state index contributed by atoms with van der Waals surface area (Å²) in [6.07, 6.45) is 2.41. The zero-order valence-electron chi connectivity index (χ0n) is 40.7. The summed E-state index contributed by atoms with van der Waals surface area (Å²) < 4.78 is 12.0. The van der Waals surface area contributed by atoms with E-state index in [1.165, 1.54) is 7.11 Å². The lowest BCUT2D eigenvalue weighted by molar-refractivity contribution is -0.152. The van der Waals surface area contributed by atoms with E-state index >= 15 is 0 Å². The van der Waals surface area contributed by atoms with Crippen molar-refractivity contribution in [2.24, 2.45) is 29.6 Å². The van der Waals surface area contributed by atoms with E-state index in [1.54, 1.807) is 49.9 Å². The molecule has 1 heterocycles. The van der Waals surface area contributed by atoms with E-state index in [0.29, 0.717) is 56.2 Å². The van der Waals surface area contributed by atoms with Crippen molar-refractivity contribution >= 4 is 41.7 Å². The molecule has 10 atom stereocenters. The zero-order chi connectivity index (χ0) is 48.4. The Hall–Kier alpha value is -4.95. The van der Waals surface area contributed by atoms with Gasteiger partial charge in [-0.05, 0) is 63.0 Å². The van der Waals surface area contributed by atoms with Crippen molar-refractivity contribution in [3.8, 4) is 0 Å². The number of benzene rings is 2. The molecular weight excluding hydrogens is 827 g/mol. The van der Waals surface area contributed by atoms with Gasteiger partial charge in [-0.15, -0.1) is 0 Å². The molecule has 1 aliphatic rings. The summed E-state index contributed by atoms with van der Waals surface area (Å²) in [5.74, 6) is -3.61. The maximum Gasteiger partial charge on any atom is 0.306 e. The predicted molar refractivity (Wildman–Crippen MR) is 251 cm³/mol. The van der Waals surface area contributed by atoms with Crippen molar-refractivity contribution in [1.82, 2.24) is 25.8 Å². The van der Waals surface area contributed by atoms with Crippen LogP contribution < -0.4 is 16.0 Å². The van der Waals surface area contributed by atoms with Gasteiger partial charge in [0.1, 0.15) is 18.4 Å². The van der Waals surface area contributed by atoms with Gasteiger partial charge in [0.25, 0.3) is 0 Å². The fourth-order valence-electron chi connectivity index (χ4n) is 9.04. The van der Waals surface area contributed by atoms with E-state index < -0.39 is 66.1 Å². The molecule has 3 rings (SSSR count). The van der Waals surface area contributed by atoms with Crippen molar-refractivity contribution < 1.29 is 43.0 Å². The Kier molecular flexibility index (Phi) is 22.5. The average molecular weight is 904 g/mol. The van der Waals surface area contributed by atoms with Crippen LogP contribution in [0.3, 0.4) is 0 Å². The standard InChI is InChI=1S/C51H77N5O9/c1-12-34(6)47(55(10)51(63)46(33(4)5)54-50(62)45(52-9)32(2)3)42(64-11)30-43(59)56-29-21-26-40(56)39(31-57)35(7)49(61)53-36(8)48(38-24-17-14-18-25-38)65-44(60)28-20-19-27-41(58)37-22-15-13-16-23-37/h13-18,22-25,31-36,39-40,42,45-48,52H,12,19-21,26-30H2,1-11H3,(H,53,61)(H,54,62)/t34-,35+,36+,39+,40-,42+,45-,46-,47-,48?/m0/s1. The largest absolute Gasteiger partial charge is 0.455 e. The van der Waals surface area contributed by atoms with Crippen molar-refractivity contribution in [1.29, 1.82) is 0 Å². The van der Waals surface area contributed by atoms with Crippen LogP contribution in [0.2, 0.25) is 0 Å². The van der Waals surface area contributed by atoms with Crippen molar-refractivity contribution in [2.75, 3.05) is 27.7 Å². The van der Waals surface area contributed by atoms with Gasteiger partial charge >= 0.3 is 5.97 Å². The number of likely N-dealkylation sites (tertiary alicyclic amines) is 1. The number of aldehydes is 1. The molecular formula is C51H77N5O9. The molecule has 65 heavy (non-hydrogen) atoms. The van der Waals surface area contributed by atoms with Crippen LogP contribution in [-0.4, -0.2) is 116 Å². The van der Waals surface area contributed by atoms with Gasteiger partial charge in [-0.2, -0.15) is 0 Å². The number of esters is 1. The first-order valence-corrected chi connectivity index (χ1v) is 23.6. The highest BCUT2D eigenvalue weighted by atomic mass is 16.5. The maximum absolute atomic E-state index is 14.3. The van der Waals surface area contributed by atoms with E-state index in [2.05, 4.69) is 16.0 Å². The van der Waals surface area contributed by atoms with Gasteiger partial charge in [-0.3, -0.25) is 28.8 Å². The van der Waals surface area contributed by atoms with E-state index in [1.807, 2.05) is 90.1 Å². The third kappa shape index (κ3) is 15.3. The van der Waals surface area contributed by atoms with E-state index in [4.69, 9.17) is 9.47 Å². The number of ketones is 1. The smallest absolute Gasteiger partial charge is 0.306 e. The fraction of sp³-hybridized carbons (Fsp3) is 0.627. The molecule has 0 radical (unpaired) electrons. The Balaban J connectivity index is 1.72. The van der Waals surface area contributed by atoms with Gasteiger partial charge in [0.15, 0.2) is 5.78 Å². The number of rotatable bonds is 27. The molecule has 14 nitrogen and oxygen atoms in total. The molecule has 360 valence electrons. The van der Waals surface area contributed by atoms with Crippen molar-refractivity contribution in [3.63, 3.8) is 0 Å². The molecule has 0 spiro atoms. The van der Waals surface area contributed by atoms with Crippen molar-refractivity contribution in [2.45, 2.75) is 149 Å². The predicted octanol–water partition coefficient (Wildman–Crippen LogP) is 6.32. The molecule has 1 unspecified atom stereocenters. The lowest BCUT2D eigenvalue weighted by atomic mass is 9.85. The van der Waals surface area contributed by atoms with Crippen LogP contribution in [0.5, 0.6) is 0 Å². The monoisotopic (exact) mass is 904 g/mol. The first-order chi connectivity index (χ1) is 30.9.